The van der Waals surface area contributed by atoms with Crippen LogP contribution in [-0.2, 0) is 6.18 Å². The van der Waals surface area contributed by atoms with E-state index >= 15 is 0 Å². The fourth-order valence-corrected chi connectivity index (χ4v) is 1.42. The van der Waals surface area contributed by atoms with E-state index in [2.05, 4.69) is 6.58 Å². The molecule has 17 heavy (non-hydrogen) atoms. The first-order valence-electron chi connectivity index (χ1n) is 4.22. The average molecular weight is 290 g/mol. The third kappa shape index (κ3) is 3.34. The van der Waals surface area contributed by atoms with Gasteiger partial charge >= 0.3 is 6.18 Å². The molecule has 0 fully saturated rings. The lowest BCUT2D eigenvalue weighted by Crippen LogP contribution is -2.18. The molecule has 0 aromatic heterocycles. The normalized spacial score (nSPS) is 12.8. The van der Waals surface area contributed by atoms with Crippen molar-refractivity contribution in [1.82, 2.24) is 0 Å². The summed E-state index contributed by atoms with van der Waals surface area (Å²) < 4.78 is 51.1. The van der Waals surface area contributed by atoms with Crippen molar-refractivity contribution in [3.8, 4) is 0 Å². The fraction of sp³-hybridized carbons (Fsp3) is 0.200. The molecule has 0 unspecified atom stereocenters. The molecule has 0 radical (unpaired) electrons. The molecule has 0 aliphatic rings. The van der Waals surface area contributed by atoms with Crippen LogP contribution in [0, 0.1) is 5.82 Å². The molecule has 1 atom stereocenters. The molecule has 0 spiro atoms. The van der Waals surface area contributed by atoms with Crippen LogP contribution in [0.5, 0.6) is 0 Å². The summed E-state index contributed by atoms with van der Waals surface area (Å²) in [5.74, 6) is -1.16. The molecule has 0 aliphatic carbocycles. The zero-order valence-corrected chi connectivity index (χ0v) is 9.96. The van der Waals surface area contributed by atoms with Crippen LogP contribution in [0.4, 0.5) is 17.6 Å². The molecule has 0 saturated carbocycles. The van der Waals surface area contributed by atoms with Gasteiger partial charge in [0.25, 0.3) is 0 Å². The van der Waals surface area contributed by atoms with Crippen molar-refractivity contribution in [2.45, 2.75) is 12.2 Å². The van der Waals surface area contributed by atoms with Gasteiger partial charge in [0.15, 0.2) is 0 Å². The summed E-state index contributed by atoms with van der Waals surface area (Å²) in [6.45, 7) is 3.23. The van der Waals surface area contributed by atoms with Gasteiger partial charge < -0.3 is 5.73 Å². The zero-order valence-electron chi connectivity index (χ0n) is 8.39. The van der Waals surface area contributed by atoms with Gasteiger partial charge in [0.2, 0.25) is 0 Å². The Morgan fingerprint density at radius 3 is 2.29 bits per heavy atom. The lowest BCUT2D eigenvalue weighted by atomic mass is 9.99. The molecule has 1 aromatic rings. The maximum Gasteiger partial charge on any atom is 0.416 e. The van der Waals surface area contributed by atoms with Crippen molar-refractivity contribution in [2.75, 3.05) is 0 Å². The van der Waals surface area contributed by atoms with Gasteiger partial charge in [-0.1, -0.05) is 17.7 Å². The third-order valence-electron chi connectivity index (χ3n) is 2.03. The van der Waals surface area contributed by atoms with Gasteiger partial charge in [-0.3, -0.25) is 0 Å². The Morgan fingerprint density at radius 2 is 1.88 bits per heavy atom. The quantitative estimate of drug-likeness (QED) is 0.644. The van der Waals surface area contributed by atoms with E-state index in [9.17, 15) is 17.6 Å². The van der Waals surface area contributed by atoms with Gasteiger partial charge in [-0.05, 0) is 12.1 Å². The van der Waals surface area contributed by atoms with Crippen molar-refractivity contribution in [2.24, 2.45) is 5.73 Å². The van der Waals surface area contributed by atoms with Gasteiger partial charge in [0.1, 0.15) is 5.82 Å². The first-order chi connectivity index (χ1) is 7.29. The predicted molar refractivity (Wildman–Crippen MR) is 60.8 cm³/mol. The minimum Gasteiger partial charge on any atom is -0.321 e. The second-order valence-corrected chi connectivity index (χ2v) is 3.49. The lowest BCUT2D eigenvalue weighted by Gasteiger charge is -2.17. The fourth-order valence-electron chi connectivity index (χ4n) is 1.26. The molecule has 0 saturated heterocycles. The Labute approximate surface area is 107 Å². The average Bonchev–Trinajstić information content (AvgIpc) is 2.19. The van der Waals surface area contributed by atoms with E-state index in [1.54, 1.807) is 0 Å². The number of hydrogen-bond donors (Lipinski definition) is 1. The Kier molecular flexibility index (Phi) is 5.45. The maximum atomic E-state index is 13.5. The van der Waals surface area contributed by atoms with Crippen LogP contribution in [0.15, 0.2) is 24.8 Å². The SMILES string of the molecule is C=C[C@H](N)c1c(C(F)(F)F)ccc(Cl)c1F.Cl. The van der Waals surface area contributed by atoms with Crippen LogP contribution in [0.2, 0.25) is 5.02 Å². The van der Waals surface area contributed by atoms with Crippen molar-refractivity contribution in [1.29, 1.82) is 0 Å². The van der Waals surface area contributed by atoms with Gasteiger partial charge in [0.05, 0.1) is 16.6 Å². The molecule has 1 rings (SSSR count). The molecule has 0 bridgehead atoms. The monoisotopic (exact) mass is 289 g/mol. The van der Waals surface area contributed by atoms with Crippen LogP contribution in [0.1, 0.15) is 17.2 Å². The minimum atomic E-state index is -4.68. The topological polar surface area (TPSA) is 26.0 Å². The highest BCUT2D eigenvalue weighted by Crippen LogP contribution is 2.37. The smallest absolute Gasteiger partial charge is 0.321 e. The number of halogens is 6. The molecule has 0 aliphatic heterocycles. The summed E-state index contributed by atoms with van der Waals surface area (Å²) in [7, 11) is 0. The van der Waals surface area contributed by atoms with E-state index in [1.807, 2.05) is 0 Å². The summed E-state index contributed by atoms with van der Waals surface area (Å²) in [6.07, 6.45) is -3.66. The van der Waals surface area contributed by atoms with Gasteiger partial charge in [0, 0.05) is 5.56 Å². The highest BCUT2D eigenvalue weighted by Gasteiger charge is 2.36. The molecule has 1 nitrogen and oxygen atoms in total. The Balaban J connectivity index is 0.00000256. The molecule has 96 valence electrons. The summed E-state index contributed by atoms with van der Waals surface area (Å²) >= 11 is 5.40. The van der Waals surface area contributed by atoms with E-state index in [4.69, 9.17) is 17.3 Å². The van der Waals surface area contributed by atoms with E-state index in [1.165, 1.54) is 0 Å². The Bertz CT molecular complexity index is 418. The van der Waals surface area contributed by atoms with Crippen LogP contribution in [0.25, 0.3) is 0 Å². The van der Waals surface area contributed by atoms with Crippen LogP contribution in [0.3, 0.4) is 0 Å². The molecule has 0 heterocycles. The maximum absolute atomic E-state index is 13.5. The van der Waals surface area contributed by atoms with Gasteiger partial charge in [-0.25, -0.2) is 4.39 Å². The van der Waals surface area contributed by atoms with E-state index < -0.39 is 34.2 Å². The standard InChI is InChI=1S/C10H8ClF4N.ClH/c1-2-7(16)8-5(10(13,14)15)3-4-6(11)9(8)12;/h2-4,7H,1,16H2;1H/t7-;/m0./s1. The van der Waals surface area contributed by atoms with Crippen molar-refractivity contribution in [3.63, 3.8) is 0 Å². The highest BCUT2D eigenvalue weighted by molar-refractivity contribution is 6.30. The number of benzene rings is 1. The van der Waals surface area contributed by atoms with Crippen molar-refractivity contribution >= 4 is 24.0 Å². The summed E-state index contributed by atoms with van der Waals surface area (Å²) in [5.41, 5.74) is 3.52. The van der Waals surface area contributed by atoms with Gasteiger partial charge in [-0.15, -0.1) is 19.0 Å². The highest BCUT2D eigenvalue weighted by atomic mass is 35.5. The van der Waals surface area contributed by atoms with Crippen molar-refractivity contribution < 1.29 is 17.6 Å². The summed E-state index contributed by atoms with van der Waals surface area (Å²) in [6, 6.07) is 0.290. The third-order valence-corrected chi connectivity index (χ3v) is 2.32. The van der Waals surface area contributed by atoms with E-state index in [0.717, 1.165) is 12.1 Å². The second-order valence-electron chi connectivity index (χ2n) is 3.08. The summed E-state index contributed by atoms with van der Waals surface area (Å²) in [4.78, 5) is 0. The van der Waals surface area contributed by atoms with Gasteiger partial charge in [-0.2, -0.15) is 13.2 Å². The molecule has 1 aromatic carbocycles. The van der Waals surface area contributed by atoms with Crippen molar-refractivity contribution in [3.05, 3.63) is 46.8 Å². The number of rotatable bonds is 2. The molecule has 7 heteroatoms. The first-order valence-corrected chi connectivity index (χ1v) is 4.60. The van der Waals surface area contributed by atoms with E-state index in [-0.39, 0.29) is 12.4 Å². The molecular formula is C10H9Cl2F4N. The molecule has 0 amide bonds. The number of hydrogen-bond acceptors (Lipinski definition) is 1. The van der Waals surface area contributed by atoms with Crippen LogP contribution in [-0.4, -0.2) is 0 Å². The molecule has 2 N–H and O–H groups in total. The first kappa shape index (κ1) is 16.2. The number of alkyl halides is 3. The molecular weight excluding hydrogens is 281 g/mol. The minimum absolute atomic E-state index is 0. The predicted octanol–water partition coefficient (Wildman–Crippen LogP) is 4.11. The zero-order chi connectivity index (χ0) is 12.5. The Morgan fingerprint density at radius 1 is 1.35 bits per heavy atom. The lowest BCUT2D eigenvalue weighted by molar-refractivity contribution is -0.138. The van der Waals surface area contributed by atoms with Crippen LogP contribution >= 0.6 is 24.0 Å². The second kappa shape index (κ2) is 5.71. The summed E-state index contributed by atoms with van der Waals surface area (Å²) in [5, 5.41) is -0.402. The largest absolute Gasteiger partial charge is 0.416 e. The van der Waals surface area contributed by atoms with Crippen LogP contribution < -0.4 is 5.73 Å². The Hall–Kier alpha value is -0.780. The number of nitrogens with two attached hydrogens (primary N) is 1. The van der Waals surface area contributed by atoms with E-state index in [0.29, 0.717) is 6.07 Å².